The molecule has 0 heterocycles. The van der Waals surface area contributed by atoms with Crippen molar-refractivity contribution in [2.75, 3.05) is 7.05 Å². The van der Waals surface area contributed by atoms with Crippen molar-refractivity contribution in [1.29, 1.82) is 0 Å². The van der Waals surface area contributed by atoms with Gasteiger partial charge in [-0.1, -0.05) is 19.6 Å². The van der Waals surface area contributed by atoms with Gasteiger partial charge in [0.1, 0.15) is 4.46 Å². The molecule has 0 aliphatic rings. The zero-order valence-electron chi connectivity index (χ0n) is 6.99. The lowest BCUT2D eigenvalue weighted by Crippen LogP contribution is -2.52. The van der Waals surface area contributed by atoms with Crippen LogP contribution in [-0.4, -0.2) is 33.7 Å². The van der Waals surface area contributed by atoms with E-state index in [0.29, 0.717) is 0 Å². The first-order valence-corrected chi connectivity index (χ1v) is 9.36. The van der Waals surface area contributed by atoms with E-state index in [4.69, 9.17) is 23.2 Å². The minimum Gasteiger partial charge on any atom is -0.351 e. The highest BCUT2D eigenvalue weighted by molar-refractivity contribution is 6.93. The lowest BCUT2D eigenvalue weighted by Gasteiger charge is -2.33. The lowest BCUT2D eigenvalue weighted by molar-refractivity contribution is 0.796. The Morgan fingerprint density at radius 2 is 1.80 bits per heavy atom. The van der Waals surface area contributed by atoms with Gasteiger partial charge in [-0.2, -0.15) is 0 Å². The molecule has 0 aliphatic carbocycles. The fourth-order valence-corrected chi connectivity index (χ4v) is 6.41. The molecule has 0 radical (unpaired) electrons. The van der Waals surface area contributed by atoms with Crippen LogP contribution in [0.15, 0.2) is 0 Å². The summed E-state index contributed by atoms with van der Waals surface area (Å²) in [4.78, 5) is 0. The number of alkyl halides is 2. The third-order valence-electron chi connectivity index (χ3n) is 1.99. The molecule has 10 heavy (non-hydrogen) atoms. The molecule has 0 spiro atoms. The van der Waals surface area contributed by atoms with E-state index in [-0.39, 0.29) is 14.1 Å². The number of nitrogens with zero attached hydrogens (tertiary/aromatic N) is 1. The van der Waals surface area contributed by atoms with Crippen molar-refractivity contribution in [3.8, 4) is 0 Å². The van der Waals surface area contributed by atoms with Crippen molar-refractivity contribution >= 4 is 41.1 Å². The Bertz CT molecular complexity index is 108. The highest BCUT2D eigenvalue weighted by Gasteiger charge is 2.32. The van der Waals surface area contributed by atoms with E-state index in [1.54, 1.807) is 0 Å². The second kappa shape index (κ2) is 4.11. The van der Waals surface area contributed by atoms with Gasteiger partial charge < -0.3 is 4.23 Å². The molecule has 0 rings (SSSR count). The van der Waals surface area contributed by atoms with Crippen LogP contribution in [0.3, 0.4) is 0 Å². The molecule has 0 saturated carbocycles. The molecule has 0 aromatic heterocycles. The van der Waals surface area contributed by atoms with Crippen LogP contribution in [0.5, 0.6) is 0 Å². The van der Waals surface area contributed by atoms with Crippen molar-refractivity contribution in [3.05, 3.63) is 0 Å². The van der Waals surface area contributed by atoms with Gasteiger partial charge in [-0.05, 0) is 7.05 Å². The third-order valence-corrected chi connectivity index (χ3v) is 12.6. The molecule has 0 bridgehead atoms. The maximum atomic E-state index is 5.85. The van der Waals surface area contributed by atoms with Gasteiger partial charge in [-0.25, -0.2) is 0 Å². The average Bonchev–Trinajstić information content (AvgIpc) is 1.86. The van der Waals surface area contributed by atoms with Crippen molar-refractivity contribution in [2.45, 2.75) is 24.1 Å². The van der Waals surface area contributed by atoms with Crippen molar-refractivity contribution in [1.82, 2.24) is 4.23 Å². The highest BCUT2D eigenvalue weighted by Crippen LogP contribution is 2.20. The van der Waals surface area contributed by atoms with E-state index in [2.05, 4.69) is 30.9 Å². The van der Waals surface area contributed by atoms with E-state index >= 15 is 0 Å². The van der Waals surface area contributed by atoms with Crippen LogP contribution in [0.25, 0.3) is 0 Å². The van der Waals surface area contributed by atoms with Gasteiger partial charge in [0.05, 0.1) is 9.68 Å². The maximum Gasteiger partial charge on any atom is 0.151 e. The molecule has 1 nitrogen and oxygen atoms in total. The molecule has 0 unspecified atom stereocenters. The summed E-state index contributed by atoms with van der Waals surface area (Å²) in [5.74, 6) is 0. The Labute approximate surface area is 76.7 Å². The molecule has 5 heteroatoms. The highest BCUT2D eigenvalue weighted by atomic mass is 35.5. The molecule has 0 saturated heterocycles. The summed E-state index contributed by atoms with van der Waals surface area (Å²) in [6.07, 6.45) is 0. The Balaban J connectivity index is 4.09. The molecule has 0 amide bonds. The number of hydrogen-bond donors (Lipinski definition) is 0. The number of halogens is 2. The first-order chi connectivity index (χ1) is 4.42. The van der Waals surface area contributed by atoms with Crippen LogP contribution < -0.4 is 0 Å². The Hall–Kier alpha value is 0.974. The van der Waals surface area contributed by atoms with E-state index in [0.717, 1.165) is 0 Å². The minimum atomic E-state index is -1.46. The fraction of sp³-hybridized carbons (Fsp3) is 1.00. The molecular weight excluding hydrogens is 201 g/mol. The summed E-state index contributed by atoms with van der Waals surface area (Å²) in [5, 5.41) is 0. The van der Waals surface area contributed by atoms with Crippen molar-refractivity contribution in [3.63, 3.8) is 0 Å². The smallest absolute Gasteiger partial charge is 0.151 e. The summed E-state index contributed by atoms with van der Waals surface area (Å²) < 4.78 is 2.24. The van der Waals surface area contributed by atoms with Crippen molar-refractivity contribution < 1.29 is 0 Å². The molecule has 0 atom stereocenters. The third kappa shape index (κ3) is 2.54. The van der Waals surface area contributed by atoms with Gasteiger partial charge in [0, 0.05) is 0 Å². The molecule has 0 N–H and O–H groups in total. The summed E-state index contributed by atoms with van der Waals surface area (Å²) in [6, 6.07) is 0. The van der Waals surface area contributed by atoms with Crippen LogP contribution >= 0.6 is 23.2 Å². The largest absolute Gasteiger partial charge is 0.351 e. The van der Waals surface area contributed by atoms with Gasteiger partial charge in [0.2, 0.25) is 0 Å². The topological polar surface area (TPSA) is 3.24 Å². The predicted molar refractivity (Wildman–Crippen MR) is 55.1 cm³/mol. The zero-order valence-corrected chi connectivity index (χ0v) is 10.9. The van der Waals surface area contributed by atoms with Gasteiger partial charge in [-0.15, -0.1) is 23.2 Å². The van der Waals surface area contributed by atoms with Gasteiger partial charge in [0.15, 0.2) is 8.24 Å². The molecule has 0 aromatic carbocycles. The number of hydrogen-bond acceptors (Lipinski definition) is 1. The van der Waals surface area contributed by atoms with Gasteiger partial charge >= 0.3 is 0 Å². The molecular formula is C5H15Cl2NSi2. The first-order valence-electron chi connectivity index (χ1n) is 3.42. The van der Waals surface area contributed by atoms with E-state index in [9.17, 15) is 0 Å². The number of rotatable bonds is 3. The van der Waals surface area contributed by atoms with E-state index in [1.165, 1.54) is 0 Å². The van der Waals surface area contributed by atoms with E-state index in [1.807, 2.05) is 0 Å². The van der Waals surface area contributed by atoms with Crippen molar-refractivity contribution in [2.24, 2.45) is 0 Å². The van der Waals surface area contributed by atoms with Gasteiger partial charge in [0.25, 0.3) is 0 Å². The summed E-state index contributed by atoms with van der Waals surface area (Å²) >= 11 is 11.7. The van der Waals surface area contributed by atoms with Crippen LogP contribution in [0.2, 0.25) is 19.6 Å². The quantitative estimate of drug-likeness (QED) is 0.511. The van der Waals surface area contributed by atoms with E-state index < -0.39 is 8.24 Å². The summed E-state index contributed by atoms with van der Waals surface area (Å²) in [6.45, 7) is 6.66. The summed E-state index contributed by atoms with van der Waals surface area (Å²) in [5.41, 5.74) is 0. The molecule has 62 valence electrons. The lowest BCUT2D eigenvalue weighted by atomic mass is 11.6. The first kappa shape index (κ1) is 11.0. The van der Waals surface area contributed by atoms with Crippen LogP contribution in [0.1, 0.15) is 0 Å². The SMILES string of the molecule is C[SiH2]N(C)[Si](C)(C)C(Cl)Cl. The normalized spacial score (nSPS) is 14.4. The Morgan fingerprint density at radius 3 is 1.90 bits per heavy atom. The van der Waals surface area contributed by atoms with Crippen LogP contribution in [0, 0.1) is 0 Å². The zero-order chi connectivity index (χ0) is 8.36. The second-order valence-corrected chi connectivity index (χ2v) is 11.7. The Morgan fingerprint density at radius 1 is 1.40 bits per heavy atom. The van der Waals surface area contributed by atoms with Gasteiger partial charge in [-0.3, -0.25) is 0 Å². The standard InChI is InChI=1S/C5H15Cl2NSi2/c1-8(9-2)10(3,4)5(6)7/h5H,9H2,1-4H3. The molecule has 0 fully saturated rings. The van der Waals surface area contributed by atoms with Crippen LogP contribution in [0.4, 0.5) is 0 Å². The van der Waals surface area contributed by atoms with Crippen LogP contribution in [-0.2, 0) is 0 Å². The molecule has 0 aromatic rings. The monoisotopic (exact) mass is 215 g/mol. The predicted octanol–water partition coefficient (Wildman–Crippen LogP) is 1.60. The Kier molecular flexibility index (Phi) is 4.51. The maximum absolute atomic E-state index is 5.85. The fourth-order valence-electron chi connectivity index (χ4n) is 0.574. The summed E-state index contributed by atoms with van der Waals surface area (Å²) in [7, 11) is 0.595. The molecule has 0 aliphatic heterocycles. The second-order valence-electron chi connectivity index (χ2n) is 2.97. The average molecular weight is 216 g/mol. The minimum absolute atomic E-state index is 0.0824.